The Morgan fingerprint density at radius 3 is 2.65 bits per heavy atom. The molecule has 4 aliphatic rings. The van der Waals surface area contributed by atoms with Crippen molar-refractivity contribution in [1.82, 2.24) is 0 Å². The number of fused-ring (bicyclic) bond motifs is 1. The summed E-state index contributed by atoms with van der Waals surface area (Å²) in [6.07, 6.45) is 3.55. The molecule has 1 aliphatic heterocycles. The number of carbonyl (C=O) groups excluding carboxylic acids is 1. The molecule has 1 heterocycles. The van der Waals surface area contributed by atoms with E-state index < -0.39 is 23.7 Å². The molecule has 3 N–H and O–H groups in total. The van der Waals surface area contributed by atoms with Gasteiger partial charge in [0.05, 0.1) is 7.11 Å². The first-order valence-electron chi connectivity index (χ1n) is 10.8. The number of carboxylic acid groups (broad SMARTS) is 1. The number of ether oxygens (including phenoxy) is 1. The van der Waals surface area contributed by atoms with Gasteiger partial charge in [-0.2, -0.15) is 0 Å². The molecule has 1 aromatic rings. The predicted molar refractivity (Wildman–Crippen MR) is 110 cm³/mol. The lowest BCUT2D eigenvalue weighted by molar-refractivity contribution is -0.132. The van der Waals surface area contributed by atoms with Gasteiger partial charge in [-0.1, -0.05) is 6.08 Å². The van der Waals surface area contributed by atoms with Gasteiger partial charge >= 0.3 is 5.97 Å². The number of carbonyl (C=O) groups is 2. The van der Waals surface area contributed by atoms with Crippen LogP contribution in [0.4, 0.5) is 14.5 Å². The summed E-state index contributed by atoms with van der Waals surface area (Å²) in [5, 5.41) is 9.50. The van der Waals surface area contributed by atoms with Crippen molar-refractivity contribution < 1.29 is 28.2 Å². The number of carboxylic acids is 1. The topological polar surface area (TPSA) is 92.9 Å². The summed E-state index contributed by atoms with van der Waals surface area (Å²) in [4.78, 5) is 26.6. The monoisotopic (exact) mass is 432 g/mol. The fourth-order valence-corrected chi connectivity index (χ4v) is 5.54. The van der Waals surface area contributed by atoms with E-state index in [4.69, 9.17) is 10.5 Å². The number of hydrogen-bond acceptors (Lipinski definition) is 5. The van der Waals surface area contributed by atoms with E-state index in [0.717, 1.165) is 18.9 Å². The number of Topliss-reactive ketones (excluding diaryl/α,β-unsaturated/α-hetero) is 1. The van der Waals surface area contributed by atoms with Crippen molar-refractivity contribution in [3.8, 4) is 5.75 Å². The second-order valence-corrected chi connectivity index (χ2v) is 9.40. The number of anilines is 1. The van der Waals surface area contributed by atoms with Crippen LogP contribution in [0.2, 0.25) is 0 Å². The van der Waals surface area contributed by atoms with Crippen LogP contribution in [0.3, 0.4) is 0 Å². The fourth-order valence-electron chi connectivity index (χ4n) is 5.54. The summed E-state index contributed by atoms with van der Waals surface area (Å²) in [5.74, 6) is -3.18. The van der Waals surface area contributed by atoms with Crippen LogP contribution in [-0.2, 0) is 4.79 Å². The van der Waals surface area contributed by atoms with Gasteiger partial charge in [0.2, 0.25) is 5.78 Å². The number of methoxy groups -OCH3 is 1. The second kappa shape index (κ2) is 7.02. The number of rotatable bonds is 4. The Kier molecular flexibility index (Phi) is 4.62. The number of nitrogens with two attached hydrogens (primary N) is 1. The molecule has 0 bridgehead atoms. The number of hydrogen-bond donors (Lipinski definition) is 2. The number of ketones is 1. The average molecular weight is 432 g/mol. The minimum atomic E-state index is -1.35. The second-order valence-electron chi connectivity index (χ2n) is 9.40. The van der Waals surface area contributed by atoms with Gasteiger partial charge in [-0.05, 0) is 50.0 Å². The highest BCUT2D eigenvalue weighted by Crippen LogP contribution is 2.57. The molecule has 1 saturated heterocycles. The zero-order valence-corrected chi connectivity index (χ0v) is 17.4. The molecular weight excluding hydrogens is 406 g/mol. The summed E-state index contributed by atoms with van der Waals surface area (Å²) in [7, 11) is 1.41. The number of alkyl halides is 1. The Morgan fingerprint density at radius 2 is 2.10 bits per heavy atom. The average Bonchev–Trinajstić information content (AvgIpc) is 3.61. The highest BCUT2D eigenvalue weighted by molar-refractivity contribution is 6.24. The van der Waals surface area contributed by atoms with E-state index >= 15 is 4.39 Å². The van der Waals surface area contributed by atoms with E-state index in [9.17, 15) is 19.1 Å². The molecule has 166 valence electrons. The maximum atomic E-state index is 15.5. The smallest absolute Gasteiger partial charge is 0.339 e. The van der Waals surface area contributed by atoms with Gasteiger partial charge in [-0.3, -0.25) is 4.79 Å². The van der Waals surface area contributed by atoms with E-state index in [1.807, 2.05) is 4.90 Å². The number of allylic oxidation sites excluding steroid dienone is 1. The van der Waals surface area contributed by atoms with E-state index in [1.165, 1.54) is 13.2 Å². The Bertz CT molecular complexity index is 1000. The van der Waals surface area contributed by atoms with Crippen LogP contribution in [0.15, 0.2) is 17.7 Å². The van der Waals surface area contributed by atoms with Crippen LogP contribution in [-0.4, -0.2) is 49.3 Å². The van der Waals surface area contributed by atoms with Crippen LogP contribution in [0, 0.1) is 17.2 Å². The van der Waals surface area contributed by atoms with Gasteiger partial charge in [-0.15, -0.1) is 0 Å². The van der Waals surface area contributed by atoms with Crippen molar-refractivity contribution in [2.45, 2.75) is 50.2 Å². The standard InChI is InChI=1S/C23H26F2N2O4/c1-31-21-18-11(13-7-15(13)24)3-2-4-12(22(29)30)20(28)14(18)8-16(25)19(21)27-9-17(26)23(10-27)5-6-23/h4,8,11,13,15,17H,2-3,5-7,9-10,26H2,1H3,(H,29,30)/b12-4+/t11-,13?,15+,17-/m1/s1. The summed E-state index contributed by atoms with van der Waals surface area (Å²) in [6.45, 7) is 1.08. The van der Waals surface area contributed by atoms with Gasteiger partial charge in [-0.25, -0.2) is 13.6 Å². The van der Waals surface area contributed by atoms with Crippen molar-refractivity contribution in [2.75, 3.05) is 25.1 Å². The lowest BCUT2D eigenvalue weighted by atomic mass is 9.80. The summed E-state index contributed by atoms with van der Waals surface area (Å²) in [5.41, 5.74) is 6.57. The Hall–Kier alpha value is -2.48. The van der Waals surface area contributed by atoms with Crippen LogP contribution >= 0.6 is 0 Å². The molecule has 6 nitrogen and oxygen atoms in total. The van der Waals surface area contributed by atoms with Gasteiger partial charge in [0.1, 0.15) is 23.2 Å². The third kappa shape index (κ3) is 3.14. The van der Waals surface area contributed by atoms with Gasteiger partial charge < -0.3 is 20.5 Å². The van der Waals surface area contributed by atoms with Crippen molar-refractivity contribution >= 4 is 17.4 Å². The summed E-state index contributed by atoms with van der Waals surface area (Å²) >= 11 is 0. The highest BCUT2D eigenvalue weighted by Gasteiger charge is 2.55. The number of aliphatic carboxylic acids is 1. The normalized spacial score (nSPS) is 32.7. The van der Waals surface area contributed by atoms with Gasteiger partial charge in [0.25, 0.3) is 0 Å². The van der Waals surface area contributed by atoms with E-state index in [2.05, 4.69) is 0 Å². The Balaban J connectivity index is 1.68. The fraction of sp³-hybridized carbons (Fsp3) is 0.565. The first-order chi connectivity index (χ1) is 14.8. The molecule has 1 unspecified atom stereocenters. The minimum Gasteiger partial charge on any atom is -0.494 e. The molecule has 4 atom stereocenters. The quantitative estimate of drug-likeness (QED) is 0.710. The molecule has 8 heteroatoms. The molecule has 0 radical (unpaired) electrons. The van der Waals surface area contributed by atoms with Gasteiger partial charge in [0.15, 0.2) is 5.82 Å². The maximum absolute atomic E-state index is 15.5. The highest BCUT2D eigenvalue weighted by atomic mass is 19.1. The largest absolute Gasteiger partial charge is 0.494 e. The Labute approximate surface area is 179 Å². The number of benzene rings is 1. The first-order valence-corrected chi connectivity index (χ1v) is 10.8. The first kappa shape index (κ1) is 20.4. The number of nitrogens with zero attached hydrogens (tertiary/aromatic N) is 1. The third-order valence-corrected chi connectivity index (χ3v) is 7.56. The maximum Gasteiger partial charge on any atom is 0.339 e. The van der Waals surface area contributed by atoms with E-state index in [-0.39, 0.29) is 45.9 Å². The van der Waals surface area contributed by atoms with E-state index in [1.54, 1.807) is 0 Å². The SMILES string of the molecule is COc1c2c(cc(F)c1N1C[C@@H](N)C3(CC3)C1)C(=O)/C(C(=O)O)=C\CC[C@@H]2C1C[C@@H]1F. The zero-order chi connectivity index (χ0) is 22.1. The number of halogens is 2. The molecule has 2 saturated carbocycles. The predicted octanol–water partition coefficient (Wildman–Crippen LogP) is 3.19. The summed E-state index contributed by atoms with van der Waals surface area (Å²) in [6, 6.07) is 1.04. The molecule has 3 fully saturated rings. The molecule has 1 aromatic carbocycles. The molecule has 3 aliphatic carbocycles. The summed E-state index contributed by atoms with van der Waals surface area (Å²) < 4.78 is 35.3. The molecular formula is C23H26F2N2O4. The van der Waals surface area contributed by atoms with Crippen LogP contribution < -0.4 is 15.4 Å². The molecule has 0 amide bonds. The molecule has 1 spiro atoms. The minimum absolute atomic E-state index is 0.00329. The zero-order valence-electron chi connectivity index (χ0n) is 17.4. The van der Waals surface area contributed by atoms with E-state index in [0.29, 0.717) is 37.9 Å². The van der Waals surface area contributed by atoms with Crippen LogP contribution in [0.1, 0.15) is 53.9 Å². The molecule has 31 heavy (non-hydrogen) atoms. The van der Waals surface area contributed by atoms with Gasteiger partial charge in [0, 0.05) is 35.7 Å². The van der Waals surface area contributed by atoms with Crippen LogP contribution in [0.25, 0.3) is 0 Å². The molecule has 5 rings (SSSR count). The molecule has 0 aromatic heterocycles. The van der Waals surface area contributed by atoms with Crippen molar-refractivity contribution in [3.05, 3.63) is 34.7 Å². The Morgan fingerprint density at radius 1 is 1.39 bits per heavy atom. The van der Waals surface area contributed by atoms with Crippen molar-refractivity contribution in [3.63, 3.8) is 0 Å². The lowest BCUT2D eigenvalue weighted by Crippen LogP contribution is -2.31. The lowest BCUT2D eigenvalue weighted by Gasteiger charge is -2.29. The van der Waals surface area contributed by atoms with Crippen molar-refractivity contribution in [2.24, 2.45) is 17.1 Å². The van der Waals surface area contributed by atoms with Crippen LogP contribution in [0.5, 0.6) is 5.75 Å². The van der Waals surface area contributed by atoms with Crippen molar-refractivity contribution in [1.29, 1.82) is 0 Å². The third-order valence-electron chi connectivity index (χ3n) is 7.56.